The first-order valence-corrected chi connectivity index (χ1v) is 10.0. The van der Waals surface area contributed by atoms with Gasteiger partial charge in [-0.25, -0.2) is 13.1 Å². The van der Waals surface area contributed by atoms with E-state index in [9.17, 15) is 13.2 Å². The molecule has 3 rings (SSSR count). The predicted octanol–water partition coefficient (Wildman–Crippen LogP) is 3.32. The molecule has 0 aliphatic heterocycles. The van der Waals surface area contributed by atoms with E-state index < -0.39 is 10.0 Å². The summed E-state index contributed by atoms with van der Waals surface area (Å²) in [7, 11) is -3.61. The molecule has 136 valence electrons. The topological polar surface area (TPSA) is 79.0 Å². The number of pyridine rings is 1. The Morgan fingerprint density at radius 1 is 1.04 bits per heavy atom. The number of sulfonamides is 1. The van der Waals surface area contributed by atoms with Gasteiger partial charge in [0.25, 0.3) is 5.56 Å². The van der Waals surface area contributed by atoms with Crippen molar-refractivity contribution in [3.05, 3.63) is 74.5 Å². The number of rotatable bonds is 5. The van der Waals surface area contributed by atoms with Crippen molar-refractivity contribution in [2.75, 3.05) is 6.54 Å². The van der Waals surface area contributed by atoms with Crippen molar-refractivity contribution in [2.45, 2.75) is 25.2 Å². The first kappa shape index (κ1) is 18.6. The van der Waals surface area contributed by atoms with E-state index in [1.807, 2.05) is 31.2 Å². The SMILES string of the molecule is Cc1ccc(S(=O)(=O)NCCc2ccc3[nH]c(=O)c(C)cc3c2)cc1Cl. The van der Waals surface area contributed by atoms with Crippen LogP contribution in [0.3, 0.4) is 0 Å². The molecule has 2 N–H and O–H groups in total. The molecule has 2 aromatic carbocycles. The highest BCUT2D eigenvalue weighted by molar-refractivity contribution is 7.89. The van der Waals surface area contributed by atoms with Gasteiger partial charge in [0, 0.05) is 22.6 Å². The van der Waals surface area contributed by atoms with Crippen LogP contribution in [0.25, 0.3) is 10.9 Å². The molecule has 0 saturated heterocycles. The minimum Gasteiger partial charge on any atom is -0.322 e. The number of benzene rings is 2. The quantitative estimate of drug-likeness (QED) is 0.701. The molecule has 1 heterocycles. The summed E-state index contributed by atoms with van der Waals surface area (Å²) >= 11 is 6.01. The van der Waals surface area contributed by atoms with Crippen LogP contribution in [0.4, 0.5) is 0 Å². The van der Waals surface area contributed by atoms with Crippen LogP contribution in [-0.4, -0.2) is 19.9 Å². The fraction of sp³-hybridized carbons (Fsp3) is 0.211. The molecule has 0 spiro atoms. The molecule has 1 aromatic heterocycles. The number of H-pyrrole nitrogens is 1. The smallest absolute Gasteiger partial charge is 0.251 e. The largest absolute Gasteiger partial charge is 0.322 e. The first-order chi connectivity index (χ1) is 12.3. The van der Waals surface area contributed by atoms with Crippen molar-refractivity contribution in [1.82, 2.24) is 9.71 Å². The van der Waals surface area contributed by atoms with Gasteiger partial charge in [0.2, 0.25) is 10.0 Å². The Balaban J connectivity index is 1.72. The lowest BCUT2D eigenvalue weighted by atomic mass is 10.1. The number of hydrogen-bond donors (Lipinski definition) is 2. The van der Waals surface area contributed by atoms with Gasteiger partial charge in [0.05, 0.1) is 4.90 Å². The number of nitrogens with one attached hydrogen (secondary N) is 2. The molecular weight excluding hydrogens is 372 g/mol. The van der Waals surface area contributed by atoms with Crippen LogP contribution < -0.4 is 10.3 Å². The molecule has 0 amide bonds. The Bertz CT molecular complexity index is 1140. The van der Waals surface area contributed by atoms with Gasteiger partial charge in [-0.1, -0.05) is 23.7 Å². The van der Waals surface area contributed by atoms with E-state index in [1.165, 1.54) is 6.07 Å². The Morgan fingerprint density at radius 3 is 2.54 bits per heavy atom. The molecule has 0 atom stereocenters. The summed E-state index contributed by atoms with van der Waals surface area (Å²) < 4.78 is 27.3. The van der Waals surface area contributed by atoms with E-state index in [1.54, 1.807) is 19.1 Å². The van der Waals surface area contributed by atoms with E-state index in [-0.39, 0.29) is 17.0 Å². The second kappa shape index (κ2) is 7.23. The average molecular weight is 391 g/mol. The van der Waals surface area contributed by atoms with E-state index >= 15 is 0 Å². The highest BCUT2D eigenvalue weighted by Crippen LogP contribution is 2.20. The third-order valence-electron chi connectivity index (χ3n) is 4.25. The summed E-state index contributed by atoms with van der Waals surface area (Å²) in [6, 6.07) is 12.2. The maximum Gasteiger partial charge on any atom is 0.251 e. The molecule has 7 heteroatoms. The van der Waals surface area contributed by atoms with Crippen LogP contribution in [0, 0.1) is 13.8 Å². The lowest BCUT2D eigenvalue weighted by molar-refractivity contribution is 0.581. The van der Waals surface area contributed by atoms with Crippen LogP contribution >= 0.6 is 11.6 Å². The first-order valence-electron chi connectivity index (χ1n) is 8.15. The highest BCUT2D eigenvalue weighted by atomic mass is 35.5. The fourth-order valence-corrected chi connectivity index (χ4v) is 3.98. The minimum atomic E-state index is -3.61. The van der Waals surface area contributed by atoms with Crippen molar-refractivity contribution in [3.63, 3.8) is 0 Å². The standard InChI is InChI=1S/C19H19ClN2O3S/c1-12-3-5-16(11-17(12)20)26(24,25)21-8-7-14-4-6-18-15(10-14)9-13(2)19(23)22-18/h3-6,9-11,21H,7-8H2,1-2H3,(H,22,23). The molecule has 0 bridgehead atoms. The van der Waals surface area contributed by atoms with Gasteiger partial charge in [-0.3, -0.25) is 4.79 Å². The number of halogens is 1. The van der Waals surface area contributed by atoms with Crippen LogP contribution in [0.2, 0.25) is 5.02 Å². The molecule has 0 aliphatic carbocycles. The molecular formula is C19H19ClN2O3S. The summed E-state index contributed by atoms with van der Waals surface area (Å²) in [5.41, 5.74) is 3.12. The van der Waals surface area contributed by atoms with Gasteiger partial charge in [0.1, 0.15) is 0 Å². The lowest BCUT2D eigenvalue weighted by Crippen LogP contribution is -2.26. The zero-order valence-corrected chi connectivity index (χ0v) is 16.0. The number of fused-ring (bicyclic) bond motifs is 1. The highest BCUT2D eigenvalue weighted by Gasteiger charge is 2.14. The minimum absolute atomic E-state index is 0.102. The molecule has 0 aliphatic rings. The maximum absolute atomic E-state index is 12.4. The van der Waals surface area contributed by atoms with Crippen LogP contribution in [0.15, 0.2) is 52.2 Å². The number of hydrogen-bond acceptors (Lipinski definition) is 3. The molecule has 5 nitrogen and oxygen atoms in total. The second-order valence-electron chi connectivity index (χ2n) is 6.26. The van der Waals surface area contributed by atoms with Crippen molar-refractivity contribution < 1.29 is 8.42 Å². The Kier molecular flexibility index (Phi) is 5.18. The van der Waals surface area contributed by atoms with Crippen molar-refractivity contribution in [3.8, 4) is 0 Å². The summed E-state index contributed by atoms with van der Waals surface area (Å²) in [4.78, 5) is 14.6. The fourth-order valence-electron chi connectivity index (χ4n) is 2.67. The summed E-state index contributed by atoms with van der Waals surface area (Å²) in [5, 5.41) is 1.35. The van der Waals surface area contributed by atoms with Gasteiger partial charge < -0.3 is 4.98 Å². The van der Waals surface area contributed by atoms with Crippen LogP contribution in [-0.2, 0) is 16.4 Å². The third kappa shape index (κ3) is 3.98. The number of aryl methyl sites for hydroxylation is 2. The van der Waals surface area contributed by atoms with E-state index in [2.05, 4.69) is 9.71 Å². The summed E-state index contributed by atoms with van der Waals surface area (Å²) in [5.74, 6) is 0. The number of aromatic nitrogens is 1. The molecule has 0 unspecified atom stereocenters. The Labute approximate surface area is 157 Å². The van der Waals surface area contributed by atoms with Gasteiger partial charge in [-0.15, -0.1) is 0 Å². The van der Waals surface area contributed by atoms with Gasteiger partial charge in [-0.2, -0.15) is 0 Å². The molecule has 0 radical (unpaired) electrons. The van der Waals surface area contributed by atoms with Crippen LogP contribution in [0.5, 0.6) is 0 Å². The molecule has 0 fully saturated rings. The van der Waals surface area contributed by atoms with Crippen LogP contribution in [0.1, 0.15) is 16.7 Å². The molecule has 0 saturated carbocycles. The third-order valence-corrected chi connectivity index (χ3v) is 6.12. The van der Waals surface area contributed by atoms with E-state index in [0.29, 0.717) is 17.0 Å². The zero-order chi connectivity index (χ0) is 18.9. The van der Waals surface area contributed by atoms with Crippen molar-refractivity contribution in [2.24, 2.45) is 0 Å². The second-order valence-corrected chi connectivity index (χ2v) is 8.44. The van der Waals surface area contributed by atoms with E-state index in [4.69, 9.17) is 11.6 Å². The maximum atomic E-state index is 12.4. The Hall–Kier alpha value is -2.15. The predicted molar refractivity (Wildman–Crippen MR) is 104 cm³/mol. The Morgan fingerprint density at radius 2 is 1.81 bits per heavy atom. The summed E-state index contributed by atoms with van der Waals surface area (Å²) in [6.45, 7) is 3.84. The lowest BCUT2D eigenvalue weighted by Gasteiger charge is -2.09. The van der Waals surface area contributed by atoms with Crippen molar-refractivity contribution in [1.29, 1.82) is 0 Å². The number of aromatic amines is 1. The van der Waals surface area contributed by atoms with Gasteiger partial charge in [-0.05, 0) is 67.1 Å². The zero-order valence-electron chi connectivity index (χ0n) is 14.5. The van der Waals surface area contributed by atoms with Gasteiger partial charge in [0.15, 0.2) is 0 Å². The molecule has 26 heavy (non-hydrogen) atoms. The van der Waals surface area contributed by atoms with Gasteiger partial charge >= 0.3 is 0 Å². The molecule has 3 aromatic rings. The van der Waals surface area contributed by atoms with Crippen molar-refractivity contribution >= 4 is 32.5 Å². The average Bonchev–Trinajstić information content (AvgIpc) is 2.58. The normalized spacial score (nSPS) is 11.8. The van der Waals surface area contributed by atoms with E-state index in [0.717, 1.165) is 22.0 Å². The monoisotopic (exact) mass is 390 g/mol. The summed E-state index contributed by atoms with van der Waals surface area (Å²) in [6.07, 6.45) is 0.535.